The van der Waals surface area contributed by atoms with E-state index in [0.717, 1.165) is 31.6 Å². The van der Waals surface area contributed by atoms with E-state index in [0.29, 0.717) is 11.5 Å². The lowest BCUT2D eigenvalue weighted by atomic mass is 9.75. The van der Waals surface area contributed by atoms with Crippen molar-refractivity contribution in [2.75, 3.05) is 7.05 Å². The van der Waals surface area contributed by atoms with E-state index in [1.807, 2.05) is 0 Å². The number of benzene rings is 1. The predicted molar refractivity (Wildman–Crippen MR) is 79.0 cm³/mol. The van der Waals surface area contributed by atoms with Crippen molar-refractivity contribution in [3.05, 3.63) is 35.4 Å². The van der Waals surface area contributed by atoms with Gasteiger partial charge in [-0.3, -0.25) is 0 Å². The van der Waals surface area contributed by atoms with E-state index in [1.54, 1.807) is 19.2 Å². The molecule has 0 heterocycles. The molecule has 1 aliphatic carbocycles. The van der Waals surface area contributed by atoms with Crippen LogP contribution in [0.3, 0.4) is 0 Å². The molecule has 4 heteroatoms. The first-order valence-corrected chi connectivity index (χ1v) is 7.80. The van der Waals surface area contributed by atoms with Crippen molar-refractivity contribution < 1.29 is 13.2 Å². The Balaban J connectivity index is 2.23. The average Bonchev–Trinajstić information content (AvgIpc) is 2.48. The van der Waals surface area contributed by atoms with Gasteiger partial charge in [0.2, 0.25) is 0 Å². The Labute approximate surface area is 124 Å². The Bertz CT molecular complexity index is 448. The molecule has 1 aliphatic rings. The molecule has 1 aromatic rings. The molecule has 1 N–H and O–H groups in total. The summed E-state index contributed by atoms with van der Waals surface area (Å²) in [5.41, 5.74) is -0.102. The summed E-state index contributed by atoms with van der Waals surface area (Å²) in [5, 5.41) is 3.13. The van der Waals surface area contributed by atoms with Gasteiger partial charge in [-0.1, -0.05) is 44.4 Å². The Morgan fingerprint density at radius 2 is 1.76 bits per heavy atom. The molecule has 21 heavy (non-hydrogen) atoms. The minimum Gasteiger partial charge on any atom is -0.313 e. The van der Waals surface area contributed by atoms with Crippen LogP contribution >= 0.6 is 0 Å². The van der Waals surface area contributed by atoms with E-state index in [1.165, 1.54) is 18.6 Å². The molecule has 1 unspecified atom stereocenters. The van der Waals surface area contributed by atoms with Gasteiger partial charge in [0.25, 0.3) is 0 Å². The molecule has 0 aliphatic heterocycles. The van der Waals surface area contributed by atoms with Crippen molar-refractivity contribution >= 4 is 0 Å². The van der Waals surface area contributed by atoms with Crippen molar-refractivity contribution in [2.45, 2.75) is 51.2 Å². The summed E-state index contributed by atoms with van der Waals surface area (Å²) in [5.74, 6) is 1.04. The van der Waals surface area contributed by atoms with Gasteiger partial charge in [-0.2, -0.15) is 13.2 Å². The zero-order valence-corrected chi connectivity index (χ0v) is 12.7. The second-order valence-electron chi connectivity index (χ2n) is 6.04. The molecular formula is C17H24F3N. The highest BCUT2D eigenvalue weighted by Crippen LogP contribution is 2.41. The predicted octanol–water partition coefficient (Wildman–Crippen LogP) is 5.18. The van der Waals surface area contributed by atoms with Gasteiger partial charge in [0.05, 0.1) is 5.56 Å². The van der Waals surface area contributed by atoms with Crippen molar-refractivity contribution in [1.82, 2.24) is 5.32 Å². The molecule has 1 saturated carbocycles. The first-order valence-electron chi connectivity index (χ1n) is 7.80. The van der Waals surface area contributed by atoms with Crippen LogP contribution in [0.1, 0.15) is 56.2 Å². The smallest absolute Gasteiger partial charge is 0.313 e. The van der Waals surface area contributed by atoms with Crippen LogP contribution in [0.4, 0.5) is 13.2 Å². The molecule has 1 atom stereocenters. The molecule has 0 amide bonds. The third-order valence-corrected chi connectivity index (χ3v) is 4.85. The monoisotopic (exact) mass is 299 g/mol. The summed E-state index contributed by atoms with van der Waals surface area (Å²) in [6.07, 6.45) is 1.18. The van der Waals surface area contributed by atoms with E-state index in [4.69, 9.17) is 0 Å². The number of hydrogen-bond acceptors (Lipinski definition) is 1. The fourth-order valence-corrected chi connectivity index (χ4v) is 3.60. The van der Waals surface area contributed by atoms with Crippen molar-refractivity contribution in [3.63, 3.8) is 0 Å². The molecule has 0 radical (unpaired) electrons. The summed E-state index contributed by atoms with van der Waals surface area (Å²) in [4.78, 5) is 0. The average molecular weight is 299 g/mol. The fourth-order valence-electron chi connectivity index (χ4n) is 3.60. The first-order chi connectivity index (χ1) is 9.97. The number of hydrogen-bond donors (Lipinski definition) is 1. The van der Waals surface area contributed by atoms with E-state index in [-0.39, 0.29) is 6.04 Å². The van der Waals surface area contributed by atoms with E-state index < -0.39 is 11.7 Å². The zero-order valence-electron chi connectivity index (χ0n) is 12.7. The lowest BCUT2D eigenvalue weighted by molar-refractivity contribution is -0.138. The molecule has 2 rings (SSSR count). The van der Waals surface area contributed by atoms with Crippen molar-refractivity contribution in [1.29, 1.82) is 0 Å². The normalized spacial score (nSPS) is 24.8. The fraction of sp³-hybridized carbons (Fsp3) is 0.647. The van der Waals surface area contributed by atoms with Gasteiger partial charge in [-0.15, -0.1) is 0 Å². The third kappa shape index (κ3) is 3.79. The van der Waals surface area contributed by atoms with Crippen molar-refractivity contribution in [2.24, 2.45) is 11.8 Å². The topological polar surface area (TPSA) is 12.0 Å². The highest BCUT2D eigenvalue weighted by atomic mass is 19.4. The maximum Gasteiger partial charge on any atom is 0.416 e. The minimum absolute atomic E-state index is 0.208. The summed E-state index contributed by atoms with van der Waals surface area (Å²) >= 11 is 0. The maximum atomic E-state index is 13.2. The van der Waals surface area contributed by atoms with Crippen LogP contribution < -0.4 is 5.32 Å². The Hall–Kier alpha value is -1.03. The van der Waals surface area contributed by atoms with Crippen LogP contribution in [-0.2, 0) is 6.18 Å². The second-order valence-corrected chi connectivity index (χ2v) is 6.04. The maximum absolute atomic E-state index is 13.2. The zero-order chi connectivity index (χ0) is 15.5. The minimum atomic E-state index is -4.29. The van der Waals surface area contributed by atoms with Gasteiger partial charge in [0, 0.05) is 6.04 Å². The SMILES string of the molecule is CCC1CCC(C(NC)c2ccccc2C(F)(F)F)CC1. The quantitative estimate of drug-likeness (QED) is 0.807. The number of alkyl halides is 3. The highest BCUT2D eigenvalue weighted by molar-refractivity contribution is 5.33. The van der Waals surface area contributed by atoms with Gasteiger partial charge in [0.1, 0.15) is 0 Å². The van der Waals surface area contributed by atoms with Gasteiger partial charge in [-0.25, -0.2) is 0 Å². The van der Waals surface area contributed by atoms with Crippen LogP contribution in [0.5, 0.6) is 0 Å². The Morgan fingerprint density at radius 1 is 1.14 bits per heavy atom. The van der Waals surface area contributed by atoms with Gasteiger partial charge in [-0.05, 0) is 43.4 Å². The number of halogens is 3. The molecule has 0 aromatic heterocycles. The lowest BCUT2D eigenvalue weighted by Crippen LogP contribution is -2.30. The molecule has 0 spiro atoms. The molecule has 0 saturated heterocycles. The molecular weight excluding hydrogens is 275 g/mol. The number of nitrogens with one attached hydrogen (secondary N) is 1. The standard InChI is InChI=1S/C17H24F3N/c1-3-12-8-10-13(11-9-12)16(21-2)14-6-4-5-7-15(14)17(18,19)20/h4-7,12-13,16,21H,3,8-11H2,1-2H3. The van der Waals surface area contributed by atoms with E-state index in [2.05, 4.69) is 12.2 Å². The highest BCUT2D eigenvalue weighted by Gasteiger charge is 2.37. The van der Waals surface area contributed by atoms with Crippen LogP contribution in [0.2, 0.25) is 0 Å². The molecule has 1 nitrogen and oxygen atoms in total. The van der Waals surface area contributed by atoms with Crippen LogP contribution in [0.25, 0.3) is 0 Å². The molecule has 0 bridgehead atoms. The molecule has 118 valence electrons. The van der Waals surface area contributed by atoms with Gasteiger partial charge < -0.3 is 5.32 Å². The molecule has 1 aromatic carbocycles. The largest absolute Gasteiger partial charge is 0.416 e. The first kappa shape index (κ1) is 16.3. The Kier molecular flexibility index (Phi) is 5.31. The van der Waals surface area contributed by atoms with Gasteiger partial charge >= 0.3 is 6.18 Å². The lowest BCUT2D eigenvalue weighted by Gasteiger charge is -2.34. The van der Waals surface area contributed by atoms with Crippen LogP contribution in [-0.4, -0.2) is 7.05 Å². The van der Waals surface area contributed by atoms with Crippen molar-refractivity contribution in [3.8, 4) is 0 Å². The second kappa shape index (κ2) is 6.82. The third-order valence-electron chi connectivity index (χ3n) is 4.85. The Morgan fingerprint density at radius 3 is 2.29 bits per heavy atom. The summed E-state index contributed by atoms with van der Waals surface area (Å²) in [6.45, 7) is 2.19. The molecule has 1 fully saturated rings. The summed E-state index contributed by atoms with van der Waals surface area (Å²) < 4.78 is 39.6. The van der Waals surface area contributed by atoms with E-state index >= 15 is 0 Å². The van der Waals surface area contributed by atoms with E-state index in [9.17, 15) is 13.2 Å². The van der Waals surface area contributed by atoms with Crippen LogP contribution in [0, 0.1) is 11.8 Å². The summed E-state index contributed by atoms with van der Waals surface area (Å²) in [6, 6.07) is 5.77. The van der Waals surface area contributed by atoms with Gasteiger partial charge in [0.15, 0.2) is 0 Å². The number of rotatable bonds is 4. The summed E-state index contributed by atoms with van der Waals surface area (Å²) in [7, 11) is 1.77. The van der Waals surface area contributed by atoms with Crippen LogP contribution in [0.15, 0.2) is 24.3 Å².